The smallest absolute Gasteiger partial charge is 0.266 e. The van der Waals surface area contributed by atoms with Crippen molar-refractivity contribution in [3.8, 4) is 6.07 Å². The van der Waals surface area contributed by atoms with Crippen LogP contribution in [0.3, 0.4) is 0 Å². The van der Waals surface area contributed by atoms with Crippen molar-refractivity contribution in [3.05, 3.63) is 70.4 Å². The molecule has 0 unspecified atom stereocenters. The van der Waals surface area contributed by atoms with Crippen molar-refractivity contribution in [1.29, 1.82) is 5.26 Å². The molecule has 1 N–H and O–H groups in total. The maximum absolute atomic E-state index is 12.4. The van der Waals surface area contributed by atoms with Crippen LogP contribution in [0.1, 0.15) is 11.3 Å². The number of aromatic nitrogens is 1. The number of carbonyl (C=O) groups is 1. The summed E-state index contributed by atoms with van der Waals surface area (Å²) in [6.07, 6.45) is 1.64. The predicted molar refractivity (Wildman–Crippen MR) is 101 cm³/mol. The second kappa shape index (κ2) is 6.84. The summed E-state index contributed by atoms with van der Waals surface area (Å²) in [7, 11) is 1.97. The van der Waals surface area contributed by atoms with Crippen LogP contribution in [-0.4, -0.2) is 10.5 Å². The van der Waals surface area contributed by atoms with Crippen LogP contribution in [0.25, 0.3) is 17.0 Å². The number of hydrogen-bond donors (Lipinski definition) is 1. The zero-order valence-corrected chi connectivity index (χ0v) is 14.6. The number of nitriles is 1. The van der Waals surface area contributed by atoms with Crippen LogP contribution in [0, 0.1) is 18.3 Å². The average molecular weight is 350 g/mol. The van der Waals surface area contributed by atoms with E-state index in [9.17, 15) is 10.1 Å². The number of halogens is 1. The SMILES string of the molecule is Cc1c(/C=C(/C#N)C(=O)Nc2ccc(Cl)cc2)c2ccccc2n1C. The van der Waals surface area contributed by atoms with E-state index in [1.54, 1.807) is 30.3 Å². The normalized spacial score (nSPS) is 11.4. The standard InChI is InChI=1S/C20H16ClN3O/c1-13-18(17-5-3-4-6-19(17)24(13)2)11-14(12-22)20(25)23-16-9-7-15(21)8-10-16/h3-11H,1-2H3,(H,23,25)/b14-11-. The molecule has 3 rings (SSSR count). The van der Waals surface area contributed by atoms with Crippen LogP contribution >= 0.6 is 11.6 Å². The molecule has 0 spiro atoms. The van der Waals surface area contributed by atoms with Crippen LogP contribution < -0.4 is 5.32 Å². The van der Waals surface area contributed by atoms with Gasteiger partial charge in [-0.15, -0.1) is 0 Å². The fraction of sp³-hybridized carbons (Fsp3) is 0.100. The number of amides is 1. The number of anilines is 1. The molecule has 3 aromatic rings. The molecule has 0 bridgehead atoms. The first kappa shape index (κ1) is 16.8. The van der Waals surface area contributed by atoms with Crippen molar-refractivity contribution in [1.82, 2.24) is 4.57 Å². The van der Waals surface area contributed by atoms with E-state index in [-0.39, 0.29) is 5.57 Å². The second-order valence-electron chi connectivity index (χ2n) is 5.71. The molecule has 0 aliphatic rings. The molecule has 1 amide bonds. The van der Waals surface area contributed by atoms with Crippen LogP contribution in [0.15, 0.2) is 54.1 Å². The van der Waals surface area contributed by atoms with E-state index in [1.807, 2.05) is 48.9 Å². The lowest BCUT2D eigenvalue weighted by Crippen LogP contribution is -2.13. The highest BCUT2D eigenvalue weighted by Crippen LogP contribution is 2.27. The summed E-state index contributed by atoms with van der Waals surface area (Å²) >= 11 is 5.84. The minimum atomic E-state index is -0.447. The molecule has 0 aliphatic heterocycles. The Morgan fingerprint density at radius 3 is 2.56 bits per heavy atom. The van der Waals surface area contributed by atoms with Crippen LogP contribution in [-0.2, 0) is 11.8 Å². The van der Waals surface area contributed by atoms with Crippen molar-refractivity contribution in [2.24, 2.45) is 7.05 Å². The molecular formula is C20H16ClN3O. The number of nitrogens with one attached hydrogen (secondary N) is 1. The van der Waals surface area contributed by atoms with Gasteiger partial charge in [0.25, 0.3) is 5.91 Å². The quantitative estimate of drug-likeness (QED) is 0.551. The molecule has 124 valence electrons. The Hall–Kier alpha value is -3.03. The number of hydrogen-bond acceptors (Lipinski definition) is 2. The van der Waals surface area contributed by atoms with Gasteiger partial charge in [-0.25, -0.2) is 0 Å². The molecule has 25 heavy (non-hydrogen) atoms. The molecule has 0 saturated heterocycles. The van der Waals surface area contributed by atoms with Crippen molar-refractivity contribution >= 4 is 40.2 Å². The predicted octanol–water partition coefficient (Wildman–Crippen LogP) is 4.69. The maximum Gasteiger partial charge on any atom is 0.266 e. The number of para-hydroxylation sites is 1. The first-order valence-electron chi connectivity index (χ1n) is 7.74. The van der Waals surface area contributed by atoms with Crippen LogP contribution in [0.2, 0.25) is 5.02 Å². The number of nitrogens with zero attached hydrogens (tertiary/aromatic N) is 2. The number of benzene rings is 2. The van der Waals surface area contributed by atoms with Gasteiger partial charge in [0.15, 0.2) is 0 Å². The molecule has 2 aromatic carbocycles. The van der Waals surface area contributed by atoms with Crippen LogP contribution in [0.5, 0.6) is 0 Å². The van der Waals surface area contributed by atoms with E-state index < -0.39 is 5.91 Å². The van der Waals surface area contributed by atoms with Crippen molar-refractivity contribution in [3.63, 3.8) is 0 Å². The van der Waals surface area contributed by atoms with Gasteiger partial charge in [0, 0.05) is 39.9 Å². The van der Waals surface area contributed by atoms with Gasteiger partial charge in [0.2, 0.25) is 0 Å². The minimum absolute atomic E-state index is 0.0504. The molecule has 1 aromatic heterocycles. The van der Waals surface area contributed by atoms with Gasteiger partial charge < -0.3 is 9.88 Å². The second-order valence-corrected chi connectivity index (χ2v) is 6.14. The van der Waals surface area contributed by atoms with Gasteiger partial charge in [-0.1, -0.05) is 29.8 Å². The first-order valence-corrected chi connectivity index (χ1v) is 8.12. The molecule has 4 nitrogen and oxygen atoms in total. The van der Waals surface area contributed by atoms with E-state index in [0.29, 0.717) is 10.7 Å². The summed E-state index contributed by atoms with van der Waals surface area (Å²) in [5, 5.41) is 13.8. The third-order valence-electron chi connectivity index (χ3n) is 4.20. The molecule has 0 atom stereocenters. The minimum Gasteiger partial charge on any atom is -0.347 e. The maximum atomic E-state index is 12.4. The summed E-state index contributed by atoms with van der Waals surface area (Å²) in [5.41, 5.74) is 3.57. The van der Waals surface area contributed by atoms with Gasteiger partial charge in [-0.05, 0) is 43.3 Å². The van der Waals surface area contributed by atoms with E-state index in [4.69, 9.17) is 11.6 Å². The largest absolute Gasteiger partial charge is 0.347 e. The van der Waals surface area contributed by atoms with Crippen molar-refractivity contribution in [2.45, 2.75) is 6.92 Å². The average Bonchev–Trinajstić information content (AvgIpc) is 2.86. The Labute approximate surface area is 150 Å². The lowest BCUT2D eigenvalue weighted by Gasteiger charge is -2.04. The highest BCUT2D eigenvalue weighted by molar-refractivity contribution is 6.30. The molecule has 0 saturated carbocycles. The third-order valence-corrected chi connectivity index (χ3v) is 4.46. The fourth-order valence-corrected chi connectivity index (χ4v) is 2.88. The molecule has 1 heterocycles. The summed E-state index contributed by atoms with van der Waals surface area (Å²) in [5.74, 6) is -0.447. The van der Waals surface area contributed by atoms with Crippen molar-refractivity contribution in [2.75, 3.05) is 5.32 Å². The van der Waals surface area contributed by atoms with Gasteiger partial charge in [0.1, 0.15) is 11.6 Å². The van der Waals surface area contributed by atoms with Gasteiger partial charge >= 0.3 is 0 Å². The Bertz CT molecular complexity index is 1020. The van der Waals surface area contributed by atoms with Crippen LogP contribution in [0.4, 0.5) is 5.69 Å². The lowest BCUT2D eigenvalue weighted by atomic mass is 10.1. The Morgan fingerprint density at radius 2 is 1.88 bits per heavy atom. The molecule has 0 aliphatic carbocycles. The van der Waals surface area contributed by atoms with E-state index in [1.165, 1.54) is 0 Å². The topological polar surface area (TPSA) is 57.8 Å². The number of rotatable bonds is 3. The zero-order chi connectivity index (χ0) is 18.0. The van der Waals surface area contributed by atoms with E-state index >= 15 is 0 Å². The van der Waals surface area contributed by atoms with Crippen molar-refractivity contribution < 1.29 is 4.79 Å². The Kier molecular flexibility index (Phi) is 4.60. The molecule has 0 radical (unpaired) electrons. The third kappa shape index (κ3) is 3.28. The number of aryl methyl sites for hydroxylation is 1. The number of fused-ring (bicyclic) bond motifs is 1. The van der Waals surface area contributed by atoms with Gasteiger partial charge in [-0.3, -0.25) is 4.79 Å². The van der Waals surface area contributed by atoms with Gasteiger partial charge in [0.05, 0.1) is 0 Å². The molecular weight excluding hydrogens is 334 g/mol. The fourth-order valence-electron chi connectivity index (χ4n) is 2.76. The highest BCUT2D eigenvalue weighted by atomic mass is 35.5. The zero-order valence-electron chi connectivity index (χ0n) is 13.9. The Balaban J connectivity index is 1.98. The highest BCUT2D eigenvalue weighted by Gasteiger charge is 2.14. The summed E-state index contributed by atoms with van der Waals surface area (Å²) < 4.78 is 2.05. The lowest BCUT2D eigenvalue weighted by molar-refractivity contribution is -0.112. The molecule has 5 heteroatoms. The van der Waals surface area contributed by atoms with Gasteiger partial charge in [-0.2, -0.15) is 5.26 Å². The van der Waals surface area contributed by atoms with E-state index in [2.05, 4.69) is 5.32 Å². The first-order chi connectivity index (χ1) is 12.0. The summed E-state index contributed by atoms with van der Waals surface area (Å²) in [6, 6.07) is 16.7. The molecule has 0 fully saturated rings. The number of carbonyl (C=O) groups excluding carboxylic acids is 1. The summed E-state index contributed by atoms with van der Waals surface area (Å²) in [4.78, 5) is 12.4. The van der Waals surface area contributed by atoms with E-state index in [0.717, 1.165) is 22.2 Å². The summed E-state index contributed by atoms with van der Waals surface area (Å²) in [6.45, 7) is 1.97. The Morgan fingerprint density at radius 1 is 1.20 bits per heavy atom. The monoisotopic (exact) mass is 349 g/mol.